The van der Waals surface area contributed by atoms with Crippen LogP contribution < -0.4 is 5.56 Å². The number of hydrogen-bond donors (Lipinski definition) is 1. The van der Waals surface area contributed by atoms with Crippen LogP contribution in [0.4, 0.5) is 4.39 Å². The Labute approximate surface area is 197 Å². The van der Waals surface area contributed by atoms with Crippen molar-refractivity contribution >= 4 is 16.8 Å². The predicted molar refractivity (Wildman–Crippen MR) is 130 cm³/mol. The zero-order chi connectivity index (χ0) is 24.1. The van der Waals surface area contributed by atoms with E-state index in [0.717, 1.165) is 42.6 Å². The van der Waals surface area contributed by atoms with E-state index in [-0.39, 0.29) is 23.8 Å². The van der Waals surface area contributed by atoms with Crippen LogP contribution in [0.2, 0.25) is 0 Å². The second kappa shape index (κ2) is 10.4. The lowest BCUT2D eigenvalue weighted by atomic mass is 10.1. The molecule has 0 radical (unpaired) electrons. The number of aromatic amines is 1. The van der Waals surface area contributed by atoms with Gasteiger partial charge in [-0.2, -0.15) is 5.10 Å². The second-order valence-corrected chi connectivity index (χ2v) is 8.48. The van der Waals surface area contributed by atoms with E-state index >= 15 is 0 Å². The molecule has 7 nitrogen and oxygen atoms in total. The standard InChI is InChI=1S/C26H28FN5O2/c1-18-28-23-13-6-5-12-22(23)26(34)32(18)17-25(33)31(2)14-7-3-4-11-21-16-24(30-29-21)19-9-8-10-20(27)15-19/h5-6,8-10,12-13,15-16H,3-4,7,11,14,17H2,1-2H3,(H,29,30). The zero-order valence-electron chi connectivity index (χ0n) is 19.4. The van der Waals surface area contributed by atoms with Crippen molar-refractivity contribution in [2.45, 2.75) is 39.2 Å². The number of unbranched alkanes of at least 4 members (excludes halogenated alkanes) is 2. The number of hydrogen-bond acceptors (Lipinski definition) is 4. The van der Waals surface area contributed by atoms with E-state index in [4.69, 9.17) is 0 Å². The highest BCUT2D eigenvalue weighted by Crippen LogP contribution is 2.19. The van der Waals surface area contributed by atoms with Gasteiger partial charge in [0.1, 0.15) is 18.2 Å². The second-order valence-electron chi connectivity index (χ2n) is 8.48. The van der Waals surface area contributed by atoms with Crippen LogP contribution in [-0.4, -0.2) is 44.1 Å². The number of rotatable bonds is 9. The number of carbonyl (C=O) groups excluding carboxylic acids is 1. The topological polar surface area (TPSA) is 83.9 Å². The van der Waals surface area contributed by atoms with Crippen molar-refractivity contribution in [1.82, 2.24) is 24.6 Å². The molecule has 1 amide bonds. The maximum atomic E-state index is 13.4. The number of carbonyl (C=O) groups is 1. The van der Waals surface area contributed by atoms with Crippen LogP contribution in [-0.2, 0) is 17.8 Å². The van der Waals surface area contributed by atoms with Crippen LogP contribution in [0.3, 0.4) is 0 Å². The quantitative estimate of drug-likeness (QED) is 0.380. The molecule has 4 rings (SSSR count). The number of aromatic nitrogens is 4. The van der Waals surface area contributed by atoms with Crippen molar-refractivity contribution in [2.75, 3.05) is 13.6 Å². The summed E-state index contributed by atoms with van der Waals surface area (Å²) in [5, 5.41) is 7.81. The summed E-state index contributed by atoms with van der Waals surface area (Å²) in [6.07, 6.45) is 3.58. The Hall–Kier alpha value is -3.81. The number of nitrogens with zero attached hydrogens (tertiary/aromatic N) is 4. The summed E-state index contributed by atoms with van der Waals surface area (Å²) in [4.78, 5) is 31.6. The van der Waals surface area contributed by atoms with Gasteiger partial charge in [-0.25, -0.2) is 9.37 Å². The molecule has 1 N–H and O–H groups in total. The highest BCUT2D eigenvalue weighted by Gasteiger charge is 2.14. The number of amides is 1. The number of aryl methyl sites for hydroxylation is 2. The molecular weight excluding hydrogens is 433 g/mol. The maximum absolute atomic E-state index is 13.4. The lowest BCUT2D eigenvalue weighted by Gasteiger charge is -2.18. The summed E-state index contributed by atoms with van der Waals surface area (Å²) in [5.74, 6) is 0.135. The molecule has 0 saturated heterocycles. The number of benzene rings is 2. The molecular formula is C26H28FN5O2. The van der Waals surface area contributed by atoms with Gasteiger partial charge in [-0.1, -0.05) is 30.7 Å². The van der Waals surface area contributed by atoms with Gasteiger partial charge in [-0.15, -0.1) is 0 Å². The number of para-hydroxylation sites is 1. The minimum absolute atomic E-state index is 0.0179. The minimum Gasteiger partial charge on any atom is -0.344 e. The maximum Gasteiger partial charge on any atom is 0.261 e. The zero-order valence-corrected chi connectivity index (χ0v) is 19.4. The van der Waals surface area contributed by atoms with Crippen LogP contribution in [0, 0.1) is 12.7 Å². The summed E-state index contributed by atoms with van der Waals surface area (Å²) < 4.78 is 14.8. The Bertz CT molecular complexity index is 1360. The van der Waals surface area contributed by atoms with Gasteiger partial charge >= 0.3 is 0 Å². The summed E-state index contributed by atoms with van der Waals surface area (Å²) in [7, 11) is 1.76. The SMILES string of the molecule is Cc1nc2ccccc2c(=O)n1CC(=O)N(C)CCCCCc1cc(-c2cccc(F)c2)n[nH]1. The molecule has 0 aliphatic rings. The van der Waals surface area contributed by atoms with E-state index in [0.29, 0.717) is 23.3 Å². The highest BCUT2D eigenvalue weighted by molar-refractivity contribution is 5.79. The first-order chi connectivity index (χ1) is 16.4. The van der Waals surface area contributed by atoms with Gasteiger partial charge in [0.2, 0.25) is 5.91 Å². The summed E-state index contributed by atoms with van der Waals surface area (Å²) >= 11 is 0. The van der Waals surface area contributed by atoms with E-state index < -0.39 is 0 Å². The molecule has 176 valence electrons. The van der Waals surface area contributed by atoms with Crippen LogP contribution >= 0.6 is 0 Å². The van der Waals surface area contributed by atoms with Crippen molar-refractivity contribution in [2.24, 2.45) is 0 Å². The van der Waals surface area contributed by atoms with E-state index in [1.54, 1.807) is 43.1 Å². The van der Waals surface area contributed by atoms with Crippen LogP contribution in [0.1, 0.15) is 30.8 Å². The number of fused-ring (bicyclic) bond motifs is 1. The molecule has 0 spiro atoms. The number of likely N-dealkylation sites (N-methyl/N-ethyl adjacent to an activating group) is 1. The monoisotopic (exact) mass is 461 g/mol. The molecule has 2 aromatic heterocycles. The van der Waals surface area contributed by atoms with Gasteiger partial charge in [-0.3, -0.25) is 19.3 Å². The first kappa shape index (κ1) is 23.4. The Morgan fingerprint density at radius 3 is 2.74 bits per heavy atom. The summed E-state index contributed by atoms with van der Waals surface area (Å²) in [6, 6.07) is 15.5. The van der Waals surface area contributed by atoms with Crippen LogP contribution in [0.5, 0.6) is 0 Å². The van der Waals surface area contributed by atoms with Crippen molar-refractivity contribution in [3.8, 4) is 11.3 Å². The van der Waals surface area contributed by atoms with Crippen LogP contribution in [0.25, 0.3) is 22.2 Å². The lowest BCUT2D eigenvalue weighted by molar-refractivity contribution is -0.130. The number of halogens is 1. The Morgan fingerprint density at radius 2 is 1.91 bits per heavy atom. The van der Waals surface area contributed by atoms with E-state index in [1.165, 1.54) is 16.7 Å². The molecule has 2 heterocycles. The molecule has 0 atom stereocenters. The smallest absolute Gasteiger partial charge is 0.261 e. The van der Waals surface area contributed by atoms with Gasteiger partial charge in [-0.05, 0) is 56.5 Å². The molecule has 0 aliphatic heterocycles. The summed E-state index contributed by atoms with van der Waals surface area (Å²) in [6.45, 7) is 2.34. The molecule has 0 saturated carbocycles. The molecule has 0 aliphatic carbocycles. The number of nitrogens with one attached hydrogen (secondary N) is 1. The third-order valence-electron chi connectivity index (χ3n) is 5.96. The highest BCUT2D eigenvalue weighted by atomic mass is 19.1. The van der Waals surface area contributed by atoms with Gasteiger partial charge < -0.3 is 4.90 Å². The minimum atomic E-state index is -0.280. The average molecular weight is 462 g/mol. The largest absolute Gasteiger partial charge is 0.344 e. The van der Waals surface area contributed by atoms with E-state index in [1.807, 2.05) is 18.2 Å². The molecule has 8 heteroatoms. The van der Waals surface area contributed by atoms with Crippen molar-refractivity contribution in [3.05, 3.63) is 82.3 Å². The fourth-order valence-electron chi connectivity index (χ4n) is 3.97. The van der Waals surface area contributed by atoms with Gasteiger partial charge in [0, 0.05) is 24.8 Å². The van der Waals surface area contributed by atoms with E-state index in [2.05, 4.69) is 15.2 Å². The van der Waals surface area contributed by atoms with Gasteiger partial charge in [0.05, 0.1) is 16.6 Å². The predicted octanol–water partition coefficient (Wildman–Crippen LogP) is 4.11. The Kier molecular flexibility index (Phi) is 7.15. The molecule has 2 aromatic carbocycles. The van der Waals surface area contributed by atoms with Gasteiger partial charge in [0.15, 0.2) is 0 Å². The first-order valence-corrected chi connectivity index (χ1v) is 11.4. The van der Waals surface area contributed by atoms with Gasteiger partial charge in [0.25, 0.3) is 5.56 Å². The molecule has 0 bridgehead atoms. The third kappa shape index (κ3) is 5.39. The normalized spacial score (nSPS) is 11.1. The van der Waals surface area contributed by atoms with Crippen molar-refractivity contribution < 1.29 is 9.18 Å². The molecule has 0 unspecified atom stereocenters. The third-order valence-corrected chi connectivity index (χ3v) is 5.96. The van der Waals surface area contributed by atoms with Crippen molar-refractivity contribution in [1.29, 1.82) is 0 Å². The molecule has 34 heavy (non-hydrogen) atoms. The molecule has 0 fully saturated rings. The molecule has 4 aromatic rings. The lowest BCUT2D eigenvalue weighted by Crippen LogP contribution is -2.35. The van der Waals surface area contributed by atoms with Crippen LogP contribution in [0.15, 0.2) is 59.4 Å². The fraction of sp³-hybridized carbons (Fsp3) is 0.308. The fourth-order valence-corrected chi connectivity index (χ4v) is 3.97. The first-order valence-electron chi connectivity index (χ1n) is 11.4. The average Bonchev–Trinajstić information content (AvgIpc) is 3.30. The summed E-state index contributed by atoms with van der Waals surface area (Å²) in [5.41, 5.74) is 2.93. The van der Waals surface area contributed by atoms with E-state index in [9.17, 15) is 14.0 Å². The van der Waals surface area contributed by atoms with Crippen molar-refractivity contribution in [3.63, 3.8) is 0 Å². The Morgan fingerprint density at radius 1 is 1.09 bits per heavy atom. The Balaban J connectivity index is 1.24. The number of H-pyrrole nitrogens is 1.